The second-order valence-electron chi connectivity index (χ2n) is 12.1. The van der Waals surface area contributed by atoms with Crippen LogP contribution in [0.25, 0.3) is 0 Å². The van der Waals surface area contributed by atoms with E-state index in [1.807, 2.05) is 49.1 Å². The molecular formula is C36H44N2O6. The first-order chi connectivity index (χ1) is 21.4. The first-order valence-electron chi connectivity index (χ1n) is 15.7. The lowest BCUT2D eigenvalue weighted by Crippen LogP contribution is -2.31. The van der Waals surface area contributed by atoms with E-state index in [9.17, 15) is 20.1 Å². The number of aliphatic hydroxyl groups excluding tert-OH is 1. The number of phenols is 2. The van der Waals surface area contributed by atoms with Crippen molar-refractivity contribution >= 4 is 5.78 Å². The van der Waals surface area contributed by atoms with Crippen LogP contribution in [0.1, 0.15) is 60.8 Å². The Kier molecular flexibility index (Phi) is 10.7. The van der Waals surface area contributed by atoms with Gasteiger partial charge in [0.1, 0.15) is 5.78 Å². The number of aromatic amines is 2. The monoisotopic (exact) mass is 600 g/mol. The Labute approximate surface area is 259 Å². The molecule has 0 aliphatic heterocycles. The zero-order valence-electron chi connectivity index (χ0n) is 25.4. The van der Waals surface area contributed by atoms with E-state index in [-0.39, 0.29) is 41.6 Å². The van der Waals surface area contributed by atoms with Crippen LogP contribution in [0.15, 0.2) is 73.3 Å². The largest absolute Gasteiger partial charge is 0.504 e. The Morgan fingerprint density at radius 3 is 2.00 bits per heavy atom. The highest BCUT2D eigenvalue weighted by Crippen LogP contribution is 2.33. The molecule has 0 amide bonds. The van der Waals surface area contributed by atoms with Crippen LogP contribution in [0.4, 0.5) is 0 Å². The van der Waals surface area contributed by atoms with E-state index in [1.54, 1.807) is 24.3 Å². The second kappa shape index (κ2) is 15.0. The summed E-state index contributed by atoms with van der Waals surface area (Å²) in [6.07, 6.45) is 14.3. The summed E-state index contributed by atoms with van der Waals surface area (Å²) in [4.78, 5) is 20.0. The number of aromatic hydroxyl groups is 2. The normalized spacial score (nSPS) is 15.9. The van der Waals surface area contributed by atoms with Crippen molar-refractivity contribution in [3.8, 4) is 23.0 Å². The second-order valence-corrected chi connectivity index (χ2v) is 12.1. The number of hydrogen-bond donors (Lipinski definition) is 5. The molecule has 8 heteroatoms. The molecule has 0 saturated heterocycles. The van der Waals surface area contributed by atoms with Crippen molar-refractivity contribution in [2.24, 2.45) is 11.8 Å². The predicted molar refractivity (Wildman–Crippen MR) is 169 cm³/mol. The average molecular weight is 601 g/mol. The SMILES string of the molecule is COc1cc(CC(Cc2cc[nH]c2)C(=O)CC(O)C(Cc2cc[nH]c2)Cc2ccc(O)c(OC3CCCCC3)c2)ccc1O. The molecule has 2 heterocycles. The third-order valence-electron chi connectivity index (χ3n) is 8.81. The number of aromatic nitrogens is 2. The van der Waals surface area contributed by atoms with Crippen LogP contribution in [0.3, 0.4) is 0 Å². The Bertz CT molecular complexity index is 1460. The van der Waals surface area contributed by atoms with Crippen molar-refractivity contribution in [1.82, 2.24) is 9.97 Å². The van der Waals surface area contributed by atoms with Gasteiger partial charge in [0.25, 0.3) is 0 Å². The molecule has 2 aromatic carbocycles. The van der Waals surface area contributed by atoms with E-state index in [1.165, 1.54) is 13.5 Å². The van der Waals surface area contributed by atoms with Crippen molar-refractivity contribution < 1.29 is 29.6 Å². The molecule has 1 saturated carbocycles. The van der Waals surface area contributed by atoms with E-state index in [0.717, 1.165) is 47.9 Å². The lowest BCUT2D eigenvalue weighted by molar-refractivity contribution is -0.125. The Morgan fingerprint density at radius 1 is 0.795 bits per heavy atom. The summed E-state index contributed by atoms with van der Waals surface area (Å²) in [5, 5.41) is 32.2. The number of rotatable bonds is 15. The van der Waals surface area contributed by atoms with Gasteiger partial charge in [0, 0.05) is 37.1 Å². The van der Waals surface area contributed by atoms with Crippen LogP contribution in [0.5, 0.6) is 23.0 Å². The van der Waals surface area contributed by atoms with E-state index in [4.69, 9.17) is 9.47 Å². The van der Waals surface area contributed by atoms with Gasteiger partial charge in [-0.05, 0) is 116 Å². The van der Waals surface area contributed by atoms with Gasteiger partial charge in [-0.25, -0.2) is 0 Å². The highest BCUT2D eigenvalue weighted by molar-refractivity contribution is 5.82. The van der Waals surface area contributed by atoms with Crippen LogP contribution in [-0.2, 0) is 30.5 Å². The van der Waals surface area contributed by atoms with Crippen LogP contribution in [0, 0.1) is 11.8 Å². The molecule has 234 valence electrons. The number of methoxy groups -OCH3 is 1. The molecule has 1 aliphatic carbocycles. The molecule has 1 fully saturated rings. The van der Waals surface area contributed by atoms with Gasteiger partial charge < -0.3 is 34.8 Å². The minimum atomic E-state index is -0.878. The van der Waals surface area contributed by atoms with Gasteiger partial charge in [0.15, 0.2) is 23.0 Å². The lowest BCUT2D eigenvalue weighted by Gasteiger charge is -2.26. The molecule has 5 N–H and O–H groups in total. The third kappa shape index (κ3) is 8.47. The number of carbonyl (C=O) groups is 1. The fraction of sp³-hybridized carbons (Fsp3) is 0.417. The number of H-pyrrole nitrogens is 2. The van der Waals surface area contributed by atoms with E-state index in [2.05, 4.69) is 9.97 Å². The number of Topliss-reactive ketones (excluding diaryl/α,β-unsaturated/α-hetero) is 1. The summed E-state index contributed by atoms with van der Waals surface area (Å²) in [6, 6.07) is 14.5. The lowest BCUT2D eigenvalue weighted by atomic mass is 9.82. The van der Waals surface area contributed by atoms with Crippen LogP contribution < -0.4 is 9.47 Å². The third-order valence-corrected chi connectivity index (χ3v) is 8.81. The number of phenolic OH excluding ortho intramolecular Hbond substituents is 2. The molecule has 44 heavy (non-hydrogen) atoms. The van der Waals surface area contributed by atoms with Gasteiger partial charge in [-0.3, -0.25) is 4.79 Å². The molecule has 5 rings (SSSR count). The van der Waals surface area contributed by atoms with Crippen molar-refractivity contribution in [2.45, 2.75) is 76.4 Å². The Balaban J connectivity index is 1.33. The molecule has 0 spiro atoms. The first kappa shape index (κ1) is 31.3. The van der Waals surface area contributed by atoms with Crippen molar-refractivity contribution in [3.05, 3.63) is 95.6 Å². The Morgan fingerprint density at radius 2 is 1.36 bits per heavy atom. The van der Waals surface area contributed by atoms with Crippen molar-refractivity contribution in [1.29, 1.82) is 0 Å². The molecule has 3 atom stereocenters. The molecular weight excluding hydrogens is 556 g/mol. The van der Waals surface area contributed by atoms with Gasteiger partial charge >= 0.3 is 0 Å². The number of nitrogens with one attached hydrogen (secondary N) is 2. The molecule has 1 aliphatic rings. The number of aliphatic hydroxyl groups is 1. The number of ether oxygens (including phenoxy) is 2. The fourth-order valence-corrected chi connectivity index (χ4v) is 6.32. The fourth-order valence-electron chi connectivity index (χ4n) is 6.32. The van der Waals surface area contributed by atoms with Gasteiger partial charge in [0.05, 0.1) is 19.3 Å². The average Bonchev–Trinajstić information content (AvgIpc) is 3.74. The summed E-state index contributed by atoms with van der Waals surface area (Å²) in [6.45, 7) is 0. The van der Waals surface area contributed by atoms with Gasteiger partial charge in [-0.15, -0.1) is 0 Å². The highest BCUT2D eigenvalue weighted by atomic mass is 16.5. The van der Waals surface area contributed by atoms with Gasteiger partial charge in [-0.1, -0.05) is 18.6 Å². The van der Waals surface area contributed by atoms with E-state index >= 15 is 0 Å². The van der Waals surface area contributed by atoms with E-state index < -0.39 is 6.10 Å². The number of ketones is 1. The summed E-state index contributed by atoms with van der Waals surface area (Å²) < 4.78 is 11.5. The molecule has 2 aromatic heterocycles. The van der Waals surface area contributed by atoms with Crippen LogP contribution in [-0.4, -0.2) is 50.4 Å². The summed E-state index contributed by atoms with van der Waals surface area (Å²) in [5.74, 6) is 0.399. The Hall–Kier alpha value is -4.17. The van der Waals surface area contributed by atoms with Crippen molar-refractivity contribution in [2.75, 3.05) is 7.11 Å². The summed E-state index contributed by atoms with van der Waals surface area (Å²) in [7, 11) is 1.50. The smallest absolute Gasteiger partial charge is 0.161 e. The van der Waals surface area contributed by atoms with Crippen LogP contribution in [0.2, 0.25) is 0 Å². The zero-order valence-corrected chi connectivity index (χ0v) is 25.4. The van der Waals surface area contributed by atoms with Crippen molar-refractivity contribution in [3.63, 3.8) is 0 Å². The maximum Gasteiger partial charge on any atom is 0.161 e. The van der Waals surface area contributed by atoms with Gasteiger partial charge in [-0.2, -0.15) is 0 Å². The minimum Gasteiger partial charge on any atom is -0.504 e. The van der Waals surface area contributed by atoms with Crippen LogP contribution >= 0.6 is 0 Å². The van der Waals surface area contributed by atoms with Gasteiger partial charge in [0.2, 0.25) is 0 Å². The standard InChI is InChI=1S/C36H44N2O6/c1-43-35-19-24(7-9-31(35)39)15-28(17-26-11-13-37-22-26)33(41)21-34(42)29(18-27-12-14-38-23-27)16-25-8-10-32(40)36(20-25)44-30-5-3-2-4-6-30/h7-14,19-20,22-23,28-30,34,37-40,42H,2-6,15-18,21H2,1H3. The quantitative estimate of drug-likeness (QED) is 0.109. The molecule has 0 radical (unpaired) electrons. The topological polar surface area (TPSA) is 128 Å². The highest BCUT2D eigenvalue weighted by Gasteiger charge is 2.28. The number of carbonyl (C=O) groups excluding carboxylic acids is 1. The molecule has 3 unspecified atom stereocenters. The maximum atomic E-state index is 13.9. The minimum absolute atomic E-state index is 0.0168. The molecule has 8 nitrogen and oxygen atoms in total. The molecule has 0 bridgehead atoms. The summed E-state index contributed by atoms with van der Waals surface area (Å²) in [5.41, 5.74) is 3.89. The predicted octanol–water partition coefficient (Wildman–Crippen LogP) is 6.30. The van der Waals surface area contributed by atoms with E-state index in [0.29, 0.717) is 37.2 Å². The number of benzene rings is 2. The molecule has 4 aromatic rings. The maximum absolute atomic E-state index is 13.9. The zero-order chi connectivity index (χ0) is 30.9. The summed E-state index contributed by atoms with van der Waals surface area (Å²) >= 11 is 0. The first-order valence-corrected chi connectivity index (χ1v) is 15.7. The number of hydrogen-bond acceptors (Lipinski definition) is 6.